The van der Waals surface area contributed by atoms with E-state index in [2.05, 4.69) is 6.92 Å². The number of ether oxygens (including phenoxy) is 2. The van der Waals surface area contributed by atoms with E-state index in [0.717, 1.165) is 12.1 Å². The van der Waals surface area contributed by atoms with E-state index in [1.807, 2.05) is 37.3 Å². The normalized spacial score (nSPS) is 23.0. The number of benzene rings is 1. The summed E-state index contributed by atoms with van der Waals surface area (Å²) in [6.07, 6.45) is 1.38. The number of amides is 1. The van der Waals surface area contributed by atoms with Crippen LogP contribution in [0.25, 0.3) is 0 Å². The molecule has 3 unspecified atom stereocenters. The molecular weight excluding hydrogens is 290 g/mol. The molecule has 0 saturated carbocycles. The summed E-state index contributed by atoms with van der Waals surface area (Å²) in [6.45, 7) is 4.71. The average Bonchev–Trinajstić information content (AvgIpc) is 2.99. The third kappa shape index (κ3) is 3.96. The van der Waals surface area contributed by atoms with Crippen molar-refractivity contribution in [3.63, 3.8) is 0 Å². The lowest BCUT2D eigenvalue weighted by Crippen LogP contribution is -2.44. The number of para-hydroxylation sites is 1. The Labute approximate surface area is 131 Å². The van der Waals surface area contributed by atoms with Gasteiger partial charge in [-0.15, -0.1) is 11.6 Å². The van der Waals surface area contributed by atoms with E-state index in [0.29, 0.717) is 13.0 Å². The fourth-order valence-corrected chi connectivity index (χ4v) is 2.55. The van der Waals surface area contributed by atoms with Crippen molar-refractivity contribution in [1.29, 1.82) is 0 Å². The van der Waals surface area contributed by atoms with Crippen LogP contribution in [0.15, 0.2) is 30.3 Å². The van der Waals surface area contributed by atoms with Crippen LogP contribution in [0.2, 0.25) is 0 Å². The lowest BCUT2D eigenvalue weighted by atomic mass is 10.1. The summed E-state index contributed by atoms with van der Waals surface area (Å²) in [5.74, 6) is -0.0873. The summed E-state index contributed by atoms with van der Waals surface area (Å²) in [7, 11) is 0. The topological polar surface area (TPSA) is 38.8 Å². The van der Waals surface area contributed by atoms with Crippen LogP contribution in [0, 0.1) is 0 Å². The van der Waals surface area contributed by atoms with E-state index in [1.54, 1.807) is 4.90 Å². The van der Waals surface area contributed by atoms with E-state index in [9.17, 15) is 4.79 Å². The molecule has 2 rings (SSSR count). The number of hydrogen-bond donors (Lipinski definition) is 0. The van der Waals surface area contributed by atoms with E-state index in [-0.39, 0.29) is 24.9 Å². The van der Waals surface area contributed by atoms with Crippen LogP contribution in [0.3, 0.4) is 0 Å². The first kappa shape index (κ1) is 16.3. The van der Waals surface area contributed by atoms with Gasteiger partial charge in [0.1, 0.15) is 18.3 Å². The van der Waals surface area contributed by atoms with Gasteiger partial charge >= 0.3 is 0 Å². The second kappa shape index (κ2) is 7.78. The highest BCUT2D eigenvalue weighted by Crippen LogP contribution is 2.23. The molecule has 5 heteroatoms. The Morgan fingerprint density at radius 2 is 1.95 bits per heavy atom. The molecule has 1 saturated heterocycles. The molecule has 21 heavy (non-hydrogen) atoms. The zero-order valence-corrected chi connectivity index (χ0v) is 13.3. The second-order valence-electron chi connectivity index (χ2n) is 5.10. The van der Waals surface area contributed by atoms with Crippen molar-refractivity contribution in [3.8, 4) is 0 Å². The first-order valence-corrected chi connectivity index (χ1v) is 7.84. The molecule has 1 fully saturated rings. The lowest BCUT2D eigenvalue weighted by Gasteiger charge is -2.28. The van der Waals surface area contributed by atoms with Crippen LogP contribution in [0.5, 0.6) is 0 Å². The van der Waals surface area contributed by atoms with Gasteiger partial charge in [0.25, 0.3) is 0 Å². The van der Waals surface area contributed by atoms with Gasteiger partial charge in [-0.05, 0) is 25.0 Å². The number of nitrogens with zero attached hydrogens (tertiary/aromatic N) is 1. The van der Waals surface area contributed by atoms with Crippen molar-refractivity contribution in [3.05, 3.63) is 30.3 Å². The van der Waals surface area contributed by atoms with Gasteiger partial charge in [-0.1, -0.05) is 32.0 Å². The molecule has 1 heterocycles. The van der Waals surface area contributed by atoms with Crippen molar-refractivity contribution in [2.75, 3.05) is 18.2 Å². The average molecular weight is 312 g/mol. The smallest absolute Gasteiger partial charge is 0.245 e. The van der Waals surface area contributed by atoms with E-state index < -0.39 is 5.38 Å². The molecule has 0 radical (unpaired) electrons. The summed E-state index contributed by atoms with van der Waals surface area (Å²) in [4.78, 5) is 14.3. The first-order valence-electron chi connectivity index (χ1n) is 7.41. The molecule has 1 aromatic carbocycles. The van der Waals surface area contributed by atoms with E-state index >= 15 is 0 Å². The molecule has 0 N–H and O–H groups in total. The van der Waals surface area contributed by atoms with E-state index in [1.165, 1.54) is 0 Å². The molecule has 1 amide bonds. The summed E-state index contributed by atoms with van der Waals surface area (Å²) in [5.41, 5.74) is 0.840. The van der Waals surface area contributed by atoms with Crippen LogP contribution in [0.4, 0.5) is 5.69 Å². The van der Waals surface area contributed by atoms with Crippen molar-refractivity contribution in [2.45, 2.75) is 44.3 Å². The predicted octanol–water partition coefficient (Wildman–Crippen LogP) is 3.19. The SMILES string of the molecule is CCC(Cl)C(=O)N(CC1OCOC1CC)c1ccccc1. The fraction of sp³-hybridized carbons (Fsp3) is 0.562. The molecule has 0 bridgehead atoms. The Morgan fingerprint density at radius 3 is 2.57 bits per heavy atom. The predicted molar refractivity (Wildman–Crippen MR) is 83.6 cm³/mol. The van der Waals surface area contributed by atoms with Gasteiger partial charge in [0.15, 0.2) is 0 Å². The highest BCUT2D eigenvalue weighted by molar-refractivity contribution is 6.32. The van der Waals surface area contributed by atoms with Crippen molar-refractivity contribution >= 4 is 23.2 Å². The highest BCUT2D eigenvalue weighted by Gasteiger charge is 2.33. The number of rotatable bonds is 6. The van der Waals surface area contributed by atoms with Crippen LogP contribution in [-0.2, 0) is 14.3 Å². The number of hydrogen-bond acceptors (Lipinski definition) is 3. The van der Waals surface area contributed by atoms with Gasteiger partial charge in [-0.2, -0.15) is 0 Å². The molecule has 4 nitrogen and oxygen atoms in total. The van der Waals surface area contributed by atoms with Crippen LogP contribution < -0.4 is 4.90 Å². The van der Waals surface area contributed by atoms with Crippen molar-refractivity contribution < 1.29 is 14.3 Å². The van der Waals surface area contributed by atoms with Gasteiger partial charge < -0.3 is 14.4 Å². The molecule has 1 aromatic rings. The molecular formula is C16H22ClNO3. The molecule has 3 atom stereocenters. The maximum absolute atomic E-state index is 12.6. The zero-order valence-electron chi connectivity index (χ0n) is 12.5. The molecule has 0 aromatic heterocycles. The van der Waals surface area contributed by atoms with Gasteiger partial charge in [-0.3, -0.25) is 4.79 Å². The minimum Gasteiger partial charge on any atom is -0.349 e. The first-order chi connectivity index (χ1) is 10.2. The lowest BCUT2D eigenvalue weighted by molar-refractivity contribution is -0.118. The van der Waals surface area contributed by atoms with Gasteiger partial charge in [0.2, 0.25) is 5.91 Å². The zero-order chi connectivity index (χ0) is 15.2. The van der Waals surface area contributed by atoms with Crippen molar-refractivity contribution in [2.24, 2.45) is 0 Å². The Hall–Kier alpha value is -1.10. The molecule has 0 aliphatic carbocycles. The summed E-state index contributed by atoms with van der Waals surface area (Å²) in [6, 6.07) is 9.57. The molecule has 116 valence electrons. The van der Waals surface area contributed by atoms with E-state index in [4.69, 9.17) is 21.1 Å². The number of carbonyl (C=O) groups is 1. The minimum atomic E-state index is -0.521. The molecule has 0 spiro atoms. The number of halogens is 1. The highest BCUT2D eigenvalue weighted by atomic mass is 35.5. The quantitative estimate of drug-likeness (QED) is 0.757. The van der Waals surface area contributed by atoms with Gasteiger partial charge in [0, 0.05) is 5.69 Å². The molecule has 1 aliphatic rings. The second-order valence-corrected chi connectivity index (χ2v) is 5.62. The van der Waals surface area contributed by atoms with Crippen LogP contribution in [-0.4, -0.2) is 36.8 Å². The Kier molecular flexibility index (Phi) is 6.03. The maximum Gasteiger partial charge on any atom is 0.245 e. The standard InChI is InChI=1S/C16H22ClNO3/c1-3-13(17)16(19)18(12-8-6-5-7-9-12)10-15-14(4-2)20-11-21-15/h5-9,13-15H,3-4,10-11H2,1-2H3. The Balaban J connectivity index is 2.18. The summed E-state index contributed by atoms with van der Waals surface area (Å²) in [5, 5.41) is -0.521. The number of carbonyl (C=O) groups excluding carboxylic acids is 1. The Bertz CT molecular complexity index is 454. The minimum absolute atomic E-state index is 0.0272. The number of anilines is 1. The maximum atomic E-state index is 12.6. The monoisotopic (exact) mass is 311 g/mol. The van der Waals surface area contributed by atoms with Crippen molar-refractivity contribution in [1.82, 2.24) is 0 Å². The fourth-order valence-electron chi connectivity index (χ4n) is 2.43. The summed E-state index contributed by atoms with van der Waals surface area (Å²) >= 11 is 6.15. The summed E-state index contributed by atoms with van der Waals surface area (Å²) < 4.78 is 11.1. The third-order valence-electron chi connectivity index (χ3n) is 3.70. The number of alkyl halides is 1. The van der Waals surface area contributed by atoms with Crippen LogP contribution in [0.1, 0.15) is 26.7 Å². The Morgan fingerprint density at radius 1 is 1.29 bits per heavy atom. The largest absolute Gasteiger partial charge is 0.349 e. The van der Waals surface area contributed by atoms with Gasteiger partial charge in [0.05, 0.1) is 12.6 Å². The molecule has 1 aliphatic heterocycles. The third-order valence-corrected chi connectivity index (χ3v) is 4.20. The van der Waals surface area contributed by atoms with Crippen LogP contribution >= 0.6 is 11.6 Å². The van der Waals surface area contributed by atoms with Gasteiger partial charge in [-0.25, -0.2) is 0 Å².